The van der Waals surface area contributed by atoms with Crippen LogP contribution in [0.15, 0.2) is 36.4 Å². The highest BCUT2D eigenvalue weighted by molar-refractivity contribution is 6.60. The molecule has 0 N–H and O–H groups in total. The van der Waals surface area contributed by atoms with Gasteiger partial charge in [-0.05, 0) is 73.9 Å². The molecular weight excluding hydrogens is 383 g/mol. The van der Waals surface area contributed by atoms with Gasteiger partial charge in [-0.1, -0.05) is 47.5 Å². The van der Waals surface area contributed by atoms with Crippen LogP contribution in [0.4, 0.5) is 0 Å². The van der Waals surface area contributed by atoms with Gasteiger partial charge in [0.25, 0.3) is 0 Å². The van der Waals surface area contributed by atoms with Crippen molar-refractivity contribution in [2.75, 3.05) is 6.61 Å². The lowest BCUT2D eigenvalue weighted by Gasteiger charge is -2.29. The van der Waals surface area contributed by atoms with Gasteiger partial charge in [0, 0.05) is 5.56 Å². The predicted molar refractivity (Wildman–Crippen MR) is 108 cm³/mol. The van der Waals surface area contributed by atoms with Crippen molar-refractivity contribution in [2.24, 2.45) is 0 Å². The van der Waals surface area contributed by atoms with Gasteiger partial charge in [-0.25, -0.2) is 4.79 Å². The van der Waals surface area contributed by atoms with Crippen LogP contribution in [0.2, 0.25) is 0 Å². The highest BCUT2D eigenvalue weighted by atomic mass is 35.5. The zero-order valence-corrected chi connectivity index (χ0v) is 17.0. The Morgan fingerprint density at radius 3 is 2.56 bits per heavy atom. The topological polar surface area (TPSA) is 43.4 Å². The summed E-state index contributed by atoms with van der Waals surface area (Å²) in [5.74, 6) is -0.551. The lowest BCUT2D eigenvalue weighted by Crippen LogP contribution is -2.34. The first-order chi connectivity index (χ1) is 12.8. The van der Waals surface area contributed by atoms with E-state index >= 15 is 0 Å². The molecule has 0 amide bonds. The van der Waals surface area contributed by atoms with Crippen LogP contribution in [0, 0.1) is 13.8 Å². The van der Waals surface area contributed by atoms with Gasteiger partial charge < -0.3 is 4.74 Å². The fraction of sp³-hybridized carbons (Fsp3) is 0.364. The summed E-state index contributed by atoms with van der Waals surface area (Å²) in [7, 11) is 0. The van der Waals surface area contributed by atoms with Crippen LogP contribution in [-0.2, 0) is 17.6 Å². The second kappa shape index (κ2) is 8.04. The SMILES string of the molecule is Cc1cc(C)c2c(c1CCCOC(=O)c1ccccc1)C(=O)C(Cl)(Cl)CC2. The average Bonchev–Trinajstić information content (AvgIpc) is 2.64. The third-order valence-corrected chi connectivity index (χ3v) is 5.77. The van der Waals surface area contributed by atoms with E-state index in [1.165, 1.54) is 0 Å². The second-order valence-electron chi connectivity index (χ2n) is 6.98. The number of ether oxygens (including phenoxy) is 1. The van der Waals surface area contributed by atoms with Gasteiger partial charge in [-0.3, -0.25) is 4.79 Å². The van der Waals surface area contributed by atoms with Crippen LogP contribution in [0.3, 0.4) is 0 Å². The van der Waals surface area contributed by atoms with E-state index in [1.807, 2.05) is 19.9 Å². The quantitative estimate of drug-likeness (QED) is 0.380. The molecule has 0 aliphatic heterocycles. The first kappa shape index (κ1) is 19.9. The predicted octanol–water partition coefficient (Wildman–Crippen LogP) is 5.40. The van der Waals surface area contributed by atoms with Gasteiger partial charge in [-0.15, -0.1) is 0 Å². The molecule has 0 atom stereocenters. The zero-order chi connectivity index (χ0) is 19.6. The molecule has 5 heteroatoms. The van der Waals surface area contributed by atoms with Crippen molar-refractivity contribution in [1.82, 2.24) is 0 Å². The summed E-state index contributed by atoms with van der Waals surface area (Å²) in [6, 6.07) is 11.0. The fourth-order valence-electron chi connectivity index (χ4n) is 3.64. The Morgan fingerprint density at radius 2 is 1.85 bits per heavy atom. The van der Waals surface area contributed by atoms with Gasteiger partial charge in [0.1, 0.15) is 0 Å². The largest absolute Gasteiger partial charge is 0.462 e. The first-order valence-electron chi connectivity index (χ1n) is 9.08. The number of hydrogen-bond acceptors (Lipinski definition) is 3. The molecule has 3 rings (SSSR count). The third-order valence-electron chi connectivity index (χ3n) is 5.05. The van der Waals surface area contributed by atoms with Gasteiger partial charge in [0.15, 0.2) is 10.1 Å². The molecule has 0 heterocycles. The summed E-state index contributed by atoms with van der Waals surface area (Å²) < 4.78 is 3.99. The second-order valence-corrected chi connectivity index (χ2v) is 8.47. The number of aryl methyl sites for hydroxylation is 2. The molecular formula is C22H22Cl2O3. The normalized spacial score (nSPS) is 15.3. The maximum Gasteiger partial charge on any atom is 0.338 e. The van der Waals surface area contributed by atoms with Crippen LogP contribution < -0.4 is 0 Å². The standard InChI is InChI=1S/C22H22Cl2O3/c1-14-13-15(2)18-10-11-22(23,24)20(25)19(18)17(14)9-6-12-27-21(26)16-7-4-3-5-8-16/h3-5,7-8,13H,6,9-12H2,1-2H3. The van der Waals surface area contributed by atoms with Gasteiger partial charge in [0.05, 0.1) is 12.2 Å². The van der Waals surface area contributed by atoms with Crippen LogP contribution >= 0.6 is 23.2 Å². The number of hydrogen-bond donors (Lipinski definition) is 0. The van der Waals surface area contributed by atoms with E-state index in [0.29, 0.717) is 36.8 Å². The van der Waals surface area contributed by atoms with Crippen LogP contribution in [-0.4, -0.2) is 22.7 Å². The molecule has 0 radical (unpaired) electrons. The number of esters is 1. The Bertz CT molecular complexity index is 873. The Balaban J connectivity index is 1.72. The minimum atomic E-state index is -1.36. The third kappa shape index (κ3) is 4.20. The number of fused-ring (bicyclic) bond motifs is 1. The summed E-state index contributed by atoms with van der Waals surface area (Å²) in [6.07, 6.45) is 2.38. The summed E-state index contributed by atoms with van der Waals surface area (Å²) >= 11 is 12.5. The van der Waals surface area contributed by atoms with Crippen molar-refractivity contribution in [3.8, 4) is 0 Å². The molecule has 0 spiro atoms. The molecule has 1 aliphatic carbocycles. The molecule has 0 unspecified atom stereocenters. The molecule has 0 saturated carbocycles. The van der Waals surface area contributed by atoms with E-state index in [2.05, 4.69) is 6.07 Å². The van der Waals surface area contributed by atoms with E-state index < -0.39 is 4.33 Å². The van der Waals surface area contributed by atoms with Gasteiger partial charge >= 0.3 is 5.97 Å². The summed E-state index contributed by atoms with van der Waals surface area (Å²) in [5.41, 5.74) is 5.34. The van der Waals surface area contributed by atoms with E-state index in [4.69, 9.17) is 27.9 Å². The van der Waals surface area contributed by atoms with E-state index in [9.17, 15) is 9.59 Å². The van der Waals surface area contributed by atoms with E-state index in [-0.39, 0.29) is 18.4 Å². The minimum absolute atomic E-state index is 0.213. The maximum atomic E-state index is 12.8. The van der Waals surface area contributed by atoms with Crippen molar-refractivity contribution in [2.45, 2.75) is 43.9 Å². The molecule has 2 aromatic carbocycles. The molecule has 0 bridgehead atoms. The zero-order valence-electron chi connectivity index (χ0n) is 15.5. The lowest BCUT2D eigenvalue weighted by atomic mass is 9.81. The lowest BCUT2D eigenvalue weighted by molar-refractivity contribution is 0.0500. The molecule has 2 aromatic rings. The van der Waals surface area contributed by atoms with E-state index in [0.717, 1.165) is 22.3 Å². The molecule has 0 saturated heterocycles. The van der Waals surface area contributed by atoms with Crippen molar-refractivity contribution in [3.05, 3.63) is 69.8 Å². The molecule has 142 valence electrons. The number of carbonyl (C=O) groups is 2. The molecule has 3 nitrogen and oxygen atoms in total. The first-order valence-corrected chi connectivity index (χ1v) is 9.83. The Morgan fingerprint density at radius 1 is 1.15 bits per heavy atom. The number of carbonyl (C=O) groups excluding carboxylic acids is 2. The summed E-state index contributed by atoms with van der Waals surface area (Å²) in [6.45, 7) is 4.29. The van der Waals surface area contributed by atoms with Crippen molar-refractivity contribution in [3.63, 3.8) is 0 Å². The van der Waals surface area contributed by atoms with Crippen molar-refractivity contribution < 1.29 is 14.3 Å². The highest BCUT2D eigenvalue weighted by Gasteiger charge is 2.41. The van der Waals surface area contributed by atoms with E-state index in [1.54, 1.807) is 24.3 Å². The minimum Gasteiger partial charge on any atom is -0.462 e. The monoisotopic (exact) mass is 404 g/mol. The Labute approximate surface area is 169 Å². The van der Waals surface area contributed by atoms with Gasteiger partial charge in [-0.2, -0.15) is 0 Å². The number of halogens is 2. The summed E-state index contributed by atoms with van der Waals surface area (Å²) in [5, 5.41) is 0. The van der Waals surface area contributed by atoms with Crippen LogP contribution in [0.1, 0.15) is 55.8 Å². The molecule has 0 aromatic heterocycles. The smallest absolute Gasteiger partial charge is 0.338 e. The molecule has 0 fully saturated rings. The van der Waals surface area contributed by atoms with Crippen LogP contribution in [0.25, 0.3) is 0 Å². The number of alkyl halides is 2. The maximum absolute atomic E-state index is 12.8. The summed E-state index contributed by atoms with van der Waals surface area (Å²) in [4.78, 5) is 24.9. The van der Waals surface area contributed by atoms with Gasteiger partial charge in [0.2, 0.25) is 0 Å². The average molecular weight is 405 g/mol. The molecule has 1 aliphatic rings. The highest BCUT2D eigenvalue weighted by Crippen LogP contribution is 2.40. The Kier molecular flexibility index (Phi) is 5.92. The van der Waals surface area contributed by atoms with Crippen molar-refractivity contribution in [1.29, 1.82) is 0 Å². The number of benzene rings is 2. The van der Waals surface area contributed by atoms with Crippen molar-refractivity contribution >= 4 is 35.0 Å². The number of Topliss-reactive ketones (excluding diaryl/α,β-unsaturated/α-hetero) is 1. The fourth-order valence-corrected chi connectivity index (χ4v) is 4.02. The number of rotatable bonds is 5. The number of ketones is 1. The Hall–Kier alpha value is -1.84. The van der Waals surface area contributed by atoms with Crippen LogP contribution in [0.5, 0.6) is 0 Å². The molecule has 27 heavy (non-hydrogen) atoms.